The van der Waals surface area contributed by atoms with E-state index in [0.29, 0.717) is 22.5 Å². The van der Waals surface area contributed by atoms with Crippen molar-refractivity contribution in [1.82, 2.24) is 9.78 Å². The third-order valence-electron chi connectivity index (χ3n) is 2.25. The van der Waals surface area contributed by atoms with E-state index in [1.807, 2.05) is 0 Å². The van der Waals surface area contributed by atoms with E-state index in [0.717, 1.165) is 0 Å². The molecule has 4 nitrogen and oxygen atoms in total. The molecule has 0 unspecified atom stereocenters. The Morgan fingerprint density at radius 3 is 2.67 bits per heavy atom. The summed E-state index contributed by atoms with van der Waals surface area (Å²) in [6, 6.07) is 0. The van der Waals surface area contributed by atoms with Gasteiger partial charge >= 0.3 is 5.97 Å². The van der Waals surface area contributed by atoms with Crippen LogP contribution in [0, 0.1) is 13.8 Å². The molecule has 0 amide bonds. The van der Waals surface area contributed by atoms with E-state index in [1.165, 1.54) is 4.68 Å². The van der Waals surface area contributed by atoms with Crippen LogP contribution >= 0.6 is 11.6 Å². The average molecular weight is 279 g/mol. The first-order valence-corrected chi connectivity index (χ1v) is 5.66. The maximum Gasteiger partial charge on any atom is 0.327 e. The number of carbonyl (C=O) groups is 1. The molecule has 0 spiro atoms. The molecule has 0 saturated carbocycles. The van der Waals surface area contributed by atoms with Crippen LogP contribution < -0.4 is 0 Å². The van der Waals surface area contributed by atoms with Crippen LogP contribution in [0.25, 0.3) is 0 Å². The third kappa shape index (κ3) is 4.10. The molecule has 7 heteroatoms. The highest BCUT2D eigenvalue weighted by Crippen LogP contribution is 2.18. The van der Waals surface area contributed by atoms with Crippen LogP contribution in [-0.2, 0) is 16.1 Å². The molecule has 1 rings (SSSR count). The molecule has 0 bridgehead atoms. The summed E-state index contributed by atoms with van der Waals surface area (Å²) in [5, 5.41) is 4.56. The highest BCUT2D eigenvalue weighted by atomic mass is 35.5. The smallest absolute Gasteiger partial charge is 0.327 e. The number of aryl methyl sites for hydroxylation is 1. The van der Waals surface area contributed by atoms with Gasteiger partial charge in [-0.2, -0.15) is 13.9 Å². The van der Waals surface area contributed by atoms with Crippen LogP contribution in [0.15, 0.2) is 12.2 Å². The second-order valence-corrected chi connectivity index (χ2v) is 4.02. The summed E-state index contributed by atoms with van der Waals surface area (Å²) in [6.07, 6.45) is -1.09. The molecule has 0 N–H and O–H groups in total. The van der Waals surface area contributed by atoms with Crippen molar-refractivity contribution in [2.75, 3.05) is 6.61 Å². The molecule has 100 valence electrons. The van der Waals surface area contributed by atoms with E-state index in [2.05, 4.69) is 5.10 Å². The molecule has 0 radical (unpaired) electrons. The number of hydrogen-bond acceptors (Lipinski definition) is 3. The minimum atomic E-state index is -1.78. The zero-order chi connectivity index (χ0) is 13.7. The lowest BCUT2D eigenvalue weighted by Crippen LogP contribution is -2.16. The van der Waals surface area contributed by atoms with Crippen molar-refractivity contribution >= 4 is 17.6 Å². The summed E-state index contributed by atoms with van der Waals surface area (Å²) in [5.74, 6) is -0.537. The molecule has 0 aliphatic rings. The van der Waals surface area contributed by atoms with Gasteiger partial charge in [-0.25, -0.2) is 0 Å². The van der Waals surface area contributed by atoms with E-state index in [4.69, 9.17) is 16.3 Å². The number of nitrogens with zero attached hydrogens (tertiary/aromatic N) is 2. The number of ether oxygens (including phenoxy) is 1. The minimum absolute atomic E-state index is 0.00799. The van der Waals surface area contributed by atoms with E-state index < -0.39 is 12.0 Å². The fourth-order valence-electron chi connectivity index (χ4n) is 1.34. The second-order valence-electron chi connectivity index (χ2n) is 3.65. The van der Waals surface area contributed by atoms with Crippen molar-refractivity contribution in [2.24, 2.45) is 0 Å². The zero-order valence-electron chi connectivity index (χ0n) is 10.0. The standard InChI is InChI=1S/C11H13ClF2N2O2/c1-7-11(12)8(2)16(15-7)6-10(17)18-5-3-4-9(13)14/h4H,3,5-6H2,1-2H3. The Morgan fingerprint density at radius 1 is 1.50 bits per heavy atom. The van der Waals surface area contributed by atoms with E-state index in [-0.39, 0.29) is 19.6 Å². The van der Waals surface area contributed by atoms with E-state index in [9.17, 15) is 13.6 Å². The summed E-state index contributed by atoms with van der Waals surface area (Å²) in [6.45, 7) is 3.30. The Kier molecular flexibility index (Phi) is 5.27. The first-order chi connectivity index (χ1) is 8.41. The van der Waals surface area contributed by atoms with Gasteiger partial charge in [0.05, 0.1) is 23.0 Å². The largest absolute Gasteiger partial charge is 0.464 e. The lowest BCUT2D eigenvalue weighted by atomic mass is 10.4. The van der Waals surface area contributed by atoms with Gasteiger partial charge in [-0.1, -0.05) is 11.6 Å². The van der Waals surface area contributed by atoms with Crippen molar-refractivity contribution in [1.29, 1.82) is 0 Å². The SMILES string of the molecule is Cc1nn(CC(=O)OCCC=C(F)F)c(C)c1Cl. The number of esters is 1. The number of halogens is 3. The number of aromatic nitrogens is 2. The van der Waals surface area contributed by atoms with Gasteiger partial charge in [0.1, 0.15) is 6.54 Å². The third-order valence-corrected chi connectivity index (χ3v) is 2.80. The normalized spacial score (nSPS) is 10.3. The van der Waals surface area contributed by atoms with Gasteiger partial charge in [-0.3, -0.25) is 9.48 Å². The molecule has 0 fully saturated rings. The van der Waals surface area contributed by atoms with Crippen molar-refractivity contribution in [3.05, 3.63) is 28.6 Å². The monoisotopic (exact) mass is 278 g/mol. The van der Waals surface area contributed by atoms with E-state index >= 15 is 0 Å². The number of carbonyl (C=O) groups excluding carboxylic acids is 1. The predicted molar refractivity (Wildman–Crippen MR) is 62.6 cm³/mol. The van der Waals surface area contributed by atoms with Crippen molar-refractivity contribution in [2.45, 2.75) is 26.8 Å². The summed E-state index contributed by atoms with van der Waals surface area (Å²) in [5.41, 5.74) is 1.30. The van der Waals surface area contributed by atoms with Gasteiger partial charge in [-0.05, 0) is 19.9 Å². The van der Waals surface area contributed by atoms with Crippen LogP contribution in [0.3, 0.4) is 0 Å². The fraction of sp³-hybridized carbons (Fsp3) is 0.455. The lowest BCUT2D eigenvalue weighted by molar-refractivity contribution is -0.144. The van der Waals surface area contributed by atoms with Crippen molar-refractivity contribution in [3.8, 4) is 0 Å². The quantitative estimate of drug-likeness (QED) is 0.614. The van der Waals surface area contributed by atoms with E-state index in [1.54, 1.807) is 13.8 Å². The van der Waals surface area contributed by atoms with Gasteiger partial charge < -0.3 is 4.74 Å². The van der Waals surface area contributed by atoms with Crippen LogP contribution in [-0.4, -0.2) is 22.4 Å². The molecule has 1 heterocycles. The average Bonchev–Trinajstić information content (AvgIpc) is 2.52. The Hall–Kier alpha value is -1.43. The Balaban J connectivity index is 2.45. The molecule has 0 atom stereocenters. The molecule has 18 heavy (non-hydrogen) atoms. The van der Waals surface area contributed by atoms with Crippen LogP contribution in [0.1, 0.15) is 17.8 Å². The van der Waals surface area contributed by atoms with Gasteiger partial charge in [0, 0.05) is 6.42 Å². The summed E-state index contributed by atoms with van der Waals surface area (Å²) >= 11 is 5.92. The number of hydrogen-bond donors (Lipinski definition) is 0. The summed E-state index contributed by atoms with van der Waals surface area (Å²) < 4.78 is 29.6. The predicted octanol–water partition coefficient (Wildman–Crippen LogP) is 2.87. The van der Waals surface area contributed by atoms with Gasteiger partial charge in [0.15, 0.2) is 0 Å². The van der Waals surface area contributed by atoms with Gasteiger partial charge in [-0.15, -0.1) is 0 Å². The Bertz CT molecular complexity index is 468. The summed E-state index contributed by atoms with van der Waals surface area (Å²) in [7, 11) is 0. The topological polar surface area (TPSA) is 44.1 Å². The van der Waals surface area contributed by atoms with Gasteiger partial charge in [0.2, 0.25) is 0 Å². The maximum absolute atomic E-state index is 11.7. The molecule has 0 aromatic carbocycles. The molecule has 0 saturated heterocycles. The van der Waals surface area contributed by atoms with Crippen LogP contribution in [0.5, 0.6) is 0 Å². The summed E-state index contributed by atoms with van der Waals surface area (Å²) in [4.78, 5) is 11.4. The Morgan fingerprint density at radius 2 is 2.17 bits per heavy atom. The Labute approximate surface area is 108 Å². The lowest BCUT2D eigenvalue weighted by Gasteiger charge is -2.04. The highest BCUT2D eigenvalue weighted by Gasteiger charge is 2.12. The molecule has 1 aromatic heterocycles. The molecule has 0 aliphatic heterocycles. The molecular formula is C11H13ClF2N2O2. The maximum atomic E-state index is 11.7. The van der Waals surface area contributed by atoms with Crippen LogP contribution in [0.4, 0.5) is 8.78 Å². The number of rotatable bonds is 5. The van der Waals surface area contributed by atoms with Gasteiger partial charge in [0.25, 0.3) is 6.08 Å². The highest BCUT2D eigenvalue weighted by molar-refractivity contribution is 6.31. The first kappa shape index (κ1) is 14.6. The molecule has 1 aromatic rings. The minimum Gasteiger partial charge on any atom is -0.464 e. The first-order valence-electron chi connectivity index (χ1n) is 5.28. The van der Waals surface area contributed by atoms with Crippen molar-refractivity contribution < 1.29 is 18.3 Å². The van der Waals surface area contributed by atoms with Crippen LogP contribution in [0.2, 0.25) is 5.02 Å². The molecular weight excluding hydrogens is 266 g/mol. The zero-order valence-corrected chi connectivity index (χ0v) is 10.8. The fourth-order valence-corrected chi connectivity index (χ4v) is 1.47. The van der Waals surface area contributed by atoms with Crippen molar-refractivity contribution in [3.63, 3.8) is 0 Å². The second kappa shape index (κ2) is 6.49. The molecule has 0 aliphatic carbocycles.